The smallest absolute Gasteiger partial charge is 0.222 e. The molecule has 0 saturated heterocycles. The third kappa shape index (κ3) is 2.62. The molecule has 0 radical (unpaired) electrons. The Bertz CT molecular complexity index is 878. The number of hydrogen-bond donors (Lipinski definition) is 0. The molecule has 24 heavy (non-hydrogen) atoms. The number of aryl methyl sites for hydroxylation is 1. The molecule has 5 heteroatoms. The van der Waals surface area contributed by atoms with E-state index < -0.39 is 0 Å². The molecule has 0 aliphatic carbocycles. The zero-order valence-corrected chi connectivity index (χ0v) is 13.4. The van der Waals surface area contributed by atoms with Crippen molar-refractivity contribution in [3.8, 4) is 0 Å². The van der Waals surface area contributed by atoms with Crippen molar-refractivity contribution < 1.29 is 4.39 Å². The normalized spacial score (nSPS) is 16.6. The van der Waals surface area contributed by atoms with Crippen molar-refractivity contribution in [2.45, 2.75) is 25.8 Å². The first kappa shape index (κ1) is 14.8. The minimum atomic E-state index is -0.245. The fourth-order valence-corrected chi connectivity index (χ4v) is 3.04. The van der Waals surface area contributed by atoms with E-state index in [9.17, 15) is 4.39 Å². The van der Waals surface area contributed by atoms with Crippen LogP contribution in [0.15, 0.2) is 59.9 Å². The van der Waals surface area contributed by atoms with Crippen LogP contribution >= 0.6 is 0 Å². The van der Waals surface area contributed by atoms with E-state index in [0.29, 0.717) is 12.4 Å². The minimum absolute atomic E-state index is 0.0472. The van der Waals surface area contributed by atoms with Crippen LogP contribution in [0.2, 0.25) is 0 Å². The average molecular weight is 320 g/mol. The molecule has 0 amide bonds. The van der Waals surface area contributed by atoms with Crippen molar-refractivity contribution in [2.24, 2.45) is 4.99 Å². The number of aromatic nitrogens is 3. The zero-order chi connectivity index (χ0) is 16.5. The van der Waals surface area contributed by atoms with E-state index in [0.717, 1.165) is 17.7 Å². The summed E-state index contributed by atoms with van der Waals surface area (Å²) < 4.78 is 15.0. The van der Waals surface area contributed by atoms with Gasteiger partial charge in [-0.05, 0) is 35.2 Å². The second kappa shape index (κ2) is 6.00. The summed E-state index contributed by atoms with van der Waals surface area (Å²) in [5.74, 6) is 0.343. The molecule has 1 atom stereocenters. The van der Waals surface area contributed by atoms with E-state index in [1.54, 1.807) is 12.1 Å². The van der Waals surface area contributed by atoms with Gasteiger partial charge in [-0.1, -0.05) is 43.3 Å². The second-order valence-electron chi connectivity index (χ2n) is 5.89. The Morgan fingerprint density at radius 1 is 1.08 bits per heavy atom. The Morgan fingerprint density at radius 2 is 1.83 bits per heavy atom. The highest BCUT2D eigenvalue weighted by atomic mass is 19.1. The Labute approximate surface area is 139 Å². The summed E-state index contributed by atoms with van der Waals surface area (Å²) in [6, 6.07) is 15.1. The Kier molecular flexibility index (Phi) is 3.69. The van der Waals surface area contributed by atoms with E-state index in [1.807, 2.05) is 4.68 Å². The van der Waals surface area contributed by atoms with Crippen LogP contribution in [-0.2, 0) is 6.42 Å². The van der Waals surface area contributed by atoms with Crippen molar-refractivity contribution in [3.05, 3.63) is 77.4 Å². The Hall–Kier alpha value is -2.82. The highest BCUT2D eigenvalue weighted by Gasteiger charge is 2.26. The van der Waals surface area contributed by atoms with Crippen molar-refractivity contribution in [1.82, 2.24) is 14.8 Å². The fraction of sp³-hybridized carbons (Fsp3) is 0.211. The lowest BCUT2D eigenvalue weighted by molar-refractivity contribution is 0.531. The fourth-order valence-electron chi connectivity index (χ4n) is 3.04. The summed E-state index contributed by atoms with van der Waals surface area (Å²) in [5.41, 5.74) is 4.30. The zero-order valence-electron chi connectivity index (χ0n) is 13.4. The molecular weight excluding hydrogens is 303 g/mol. The first-order valence-electron chi connectivity index (χ1n) is 8.06. The molecule has 2 aromatic carbocycles. The highest BCUT2D eigenvalue weighted by Crippen LogP contribution is 2.32. The van der Waals surface area contributed by atoms with Gasteiger partial charge in [0, 0.05) is 6.42 Å². The van der Waals surface area contributed by atoms with Crippen LogP contribution < -0.4 is 0 Å². The predicted molar refractivity (Wildman–Crippen MR) is 91.2 cm³/mol. The third-order valence-electron chi connectivity index (χ3n) is 4.42. The van der Waals surface area contributed by atoms with Crippen LogP contribution in [0.3, 0.4) is 0 Å². The summed E-state index contributed by atoms with van der Waals surface area (Å²) >= 11 is 0. The standard InChI is InChI=1S/C19H17FN4/c1-2-13-3-5-15(6-4-13)18-11-17(14-7-9-16(20)10-8-14)23-19-21-12-22-24(18)19/h3-10,12,18H,2,11H2,1H3. The van der Waals surface area contributed by atoms with Gasteiger partial charge in [0.2, 0.25) is 5.95 Å². The van der Waals surface area contributed by atoms with E-state index in [2.05, 4.69) is 46.3 Å². The minimum Gasteiger partial charge on any atom is -0.222 e. The van der Waals surface area contributed by atoms with Crippen LogP contribution in [0.25, 0.3) is 0 Å². The molecule has 0 spiro atoms. The number of hydrogen-bond acceptors (Lipinski definition) is 3. The van der Waals surface area contributed by atoms with Gasteiger partial charge in [-0.15, -0.1) is 0 Å². The van der Waals surface area contributed by atoms with Gasteiger partial charge >= 0.3 is 0 Å². The summed E-state index contributed by atoms with van der Waals surface area (Å²) in [6.45, 7) is 2.14. The number of aliphatic imine (C=N–C) groups is 1. The Morgan fingerprint density at radius 3 is 2.54 bits per heavy atom. The Balaban J connectivity index is 1.74. The molecule has 1 aromatic heterocycles. The number of halogens is 1. The average Bonchev–Trinajstić information content (AvgIpc) is 3.10. The molecule has 3 aromatic rings. The molecule has 2 heterocycles. The molecule has 1 aliphatic rings. The molecule has 0 saturated carbocycles. The quantitative estimate of drug-likeness (QED) is 0.729. The summed E-state index contributed by atoms with van der Waals surface area (Å²) in [6.07, 6.45) is 3.25. The lowest BCUT2D eigenvalue weighted by Crippen LogP contribution is -2.21. The molecule has 4 rings (SSSR count). The number of nitrogens with zero attached hydrogens (tertiary/aromatic N) is 4. The van der Waals surface area contributed by atoms with Gasteiger partial charge in [0.1, 0.15) is 12.1 Å². The number of benzene rings is 2. The molecular formula is C19H17FN4. The van der Waals surface area contributed by atoms with Gasteiger partial charge in [0.15, 0.2) is 0 Å². The van der Waals surface area contributed by atoms with Gasteiger partial charge in [-0.2, -0.15) is 10.1 Å². The van der Waals surface area contributed by atoms with Gasteiger partial charge in [0.25, 0.3) is 0 Å². The number of fused-ring (bicyclic) bond motifs is 1. The first-order chi connectivity index (χ1) is 11.7. The van der Waals surface area contributed by atoms with E-state index in [-0.39, 0.29) is 11.9 Å². The lowest BCUT2D eigenvalue weighted by atomic mass is 9.95. The molecule has 0 fully saturated rings. The predicted octanol–water partition coefficient (Wildman–Crippen LogP) is 4.09. The van der Waals surface area contributed by atoms with Gasteiger partial charge < -0.3 is 0 Å². The van der Waals surface area contributed by atoms with Crippen LogP contribution in [0.5, 0.6) is 0 Å². The van der Waals surface area contributed by atoms with Crippen LogP contribution in [0, 0.1) is 5.82 Å². The summed E-state index contributed by atoms with van der Waals surface area (Å²) in [4.78, 5) is 8.85. The summed E-state index contributed by atoms with van der Waals surface area (Å²) in [7, 11) is 0. The van der Waals surface area contributed by atoms with Crippen LogP contribution in [-0.4, -0.2) is 20.5 Å². The van der Waals surface area contributed by atoms with E-state index >= 15 is 0 Å². The molecule has 0 bridgehead atoms. The number of rotatable bonds is 3. The summed E-state index contributed by atoms with van der Waals surface area (Å²) in [5, 5.41) is 4.34. The van der Waals surface area contributed by atoms with E-state index in [4.69, 9.17) is 0 Å². The van der Waals surface area contributed by atoms with Crippen LogP contribution in [0.1, 0.15) is 36.1 Å². The maximum atomic E-state index is 13.2. The molecule has 4 nitrogen and oxygen atoms in total. The second-order valence-corrected chi connectivity index (χ2v) is 5.89. The molecule has 1 aliphatic heterocycles. The maximum absolute atomic E-state index is 13.2. The van der Waals surface area contributed by atoms with Gasteiger partial charge in [0.05, 0.1) is 11.8 Å². The maximum Gasteiger partial charge on any atom is 0.248 e. The third-order valence-corrected chi connectivity index (χ3v) is 4.42. The monoisotopic (exact) mass is 320 g/mol. The first-order valence-corrected chi connectivity index (χ1v) is 8.06. The van der Waals surface area contributed by atoms with Crippen LogP contribution in [0.4, 0.5) is 10.3 Å². The van der Waals surface area contributed by atoms with Gasteiger partial charge in [-0.3, -0.25) is 0 Å². The van der Waals surface area contributed by atoms with Gasteiger partial charge in [-0.25, -0.2) is 14.1 Å². The van der Waals surface area contributed by atoms with Crippen molar-refractivity contribution in [1.29, 1.82) is 0 Å². The topological polar surface area (TPSA) is 43.1 Å². The highest BCUT2D eigenvalue weighted by molar-refractivity contribution is 6.02. The molecule has 0 N–H and O–H groups in total. The lowest BCUT2D eigenvalue weighted by Gasteiger charge is -2.24. The molecule has 1 unspecified atom stereocenters. The van der Waals surface area contributed by atoms with Crippen molar-refractivity contribution in [2.75, 3.05) is 0 Å². The SMILES string of the molecule is CCc1ccc(C2CC(c3ccc(F)cc3)=Nc3ncnn32)cc1. The van der Waals surface area contributed by atoms with Crippen molar-refractivity contribution >= 4 is 11.7 Å². The van der Waals surface area contributed by atoms with Crippen molar-refractivity contribution in [3.63, 3.8) is 0 Å². The molecule has 120 valence electrons. The largest absolute Gasteiger partial charge is 0.248 e. The van der Waals surface area contributed by atoms with E-state index in [1.165, 1.54) is 29.6 Å².